The van der Waals surface area contributed by atoms with Crippen LogP contribution in [-0.4, -0.2) is 4.98 Å². The topological polar surface area (TPSA) is 86.5 Å². The van der Waals surface area contributed by atoms with Gasteiger partial charge in [-0.15, -0.1) is 0 Å². The molecule has 0 saturated carbocycles. The molecule has 0 atom stereocenters. The highest BCUT2D eigenvalue weighted by molar-refractivity contribution is 7.22. The Morgan fingerprint density at radius 2 is 1.93 bits per heavy atom. The van der Waals surface area contributed by atoms with Crippen LogP contribution in [0.4, 0.5) is 5.13 Å². The number of benzene rings is 1. The van der Waals surface area contributed by atoms with Crippen LogP contribution in [0.25, 0.3) is 10.2 Å². The van der Waals surface area contributed by atoms with Crippen LogP contribution in [0.5, 0.6) is 0 Å². The van der Waals surface area contributed by atoms with Crippen LogP contribution in [0.1, 0.15) is 0 Å². The molecule has 72 valence electrons. The van der Waals surface area contributed by atoms with E-state index >= 15 is 0 Å². The second kappa shape index (κ2) is 4.42. The Kier molecular flexibility index (Phi) is 3.47. The third kappa shape index (κ3) is 1.87. The van der Waals surface area contributed by atoms with E-state index in [-0.39, 0.29) is 0 Å². The normalized spacial score (nSPS) is 9.43. The number of thiazole rings is 1. The number of nitrogen functional groups attached to an aromatic ring is 1. The van der Waals surface area contributed by atoms with E-state index in [0.717, 1.165) is 10.2 Å². The Balaban J connectivity index is 0.000000461. The Morgan fingerprint density at radius 1 is 1.29 bits per heavy atom. The summed E-state index contributed by atoms with van der Waals surface area (Å²) in [5.41, 5.74) is 6.31. The molecule has 14 heavy (non-hydrogen) atoms. The number of halogens is 2. The second-order valence-electron chi connectivity index (χ2n) is 2.26. The van der Waals surface area contributed by atoms with Gasteiger partial charge >= 0.3 is 0 Å². The summed E-state index contributed by atoms with van der Waals surface area (Å²) >= 11 is 13.1. The number of aromatic nitrogens is 1. The minimum Gasteiger partial charge on any atom is -0.375 e. The van der Waals surface area contributed by atoms with Crippen LogP contribution in [0.15, 0.2) is 12.1 Å². The number of hydrogen-bond acceptors (Lipinski definition) is 5. The zero-order valence-electron chi connectivity index (χ0n) is 6.74. The summed E-state index contributed by atoms with van der Waals surface area (Å²) in [6.45, 7) is 0. The second-order valence-corrected chi connectivity index (χ2v) is 4.08. The minimum absolute atomic E-state index is 0.508. The Labute approximate surface area is 93.7 Å². The first-order valence-electron chi connectivity index (χ1n) is 3.38. The maximum atomic E-state index is 6.00. The molecule has 4 nitrogen and oxygen atoms in total. The molecule has 2 aromatic rings. The average molecular weight is 247 g/mol. The maximum absolute atomic E-state index is 6.00. The van der Waals surface area contributed by atoms with Crippen molar-refractivity contribution in [2.75, 3.05) is 5.73 Å². The fraction of sp³-hybridized carbons (Fsp3) is 0. The van der Waals surface area contributed by atoms with Gasteiger partial charge in [0.1, 0.15) is 0 Å². The van der Waals surface area contributed by atoms with E-state index in [9.17, 15) is 0 Å². The summed E-state index contributed by atoms with van der Waals surface area (Å²) in [5, 5.41) is 13.6. The van der Waals surface area contributed by atoms with E-state index < -0.39 is 0 Å². The third-order valence-corrected chi connectivity index (χ3v) is 3.30. The molecule has 1 aromatic heterocycles. The fourth-order valence-corrected chi connectivity index (χ4v) is 2.21. The van der Waals surface area contributed by atoms with Gasteiger partial charge in [-0.2, -0.15) is 0 Å². The van der Waals surface area contributed by atoms with Crippen molar-refractivity contribution in [2.24, 2.45) is 0 Å². The van der Waals surface area contributed by atoms with Crippen LogP contribution < -0.4 is 5.73 Å². The maximum Gasteiger partial charge on any atom is 0.181 e. The molecule has 1 heterocycles. The monoisotopic (exact) mass is 246 g/mol. The van der Waals surface area contributed by atoms with Gasteiger partial charge in [-0.25, -0.2) is 4.98 Å². The minimum atomic E-state index is 0.508. The van der Waals surface area contributed by atoms with Crippen molar-refractivity contribution in [3.8, 4) is 0 Å². The molecule has 1 aromatic carbocycles. The van der Waals surface area contributed by atoms with Gasteiger partial charge in [0, 0.05) is 10.8 Å². The van der Waals surface area contributed by atoms with Gasteiger partial charge in [0.25, 0.3) is 0 Å². The van der Waals surface area contributed by atoms with Crippen LogP contribution in [-0.2, 0) is 0 Å². The van der Waals surface area contributed by atoms with Crippen molar-refractivity contribution in [3.63, 3.8) is 0 Å². The molecule has 0 bridgehead atoms. The van der Waals surface area contributed by atoms with Gasteiger partial charge in [0.2, 0.25) is 0 Å². The molecule has 0 saturated heterocycles. The molecule has 0 radical (unpaired) electrons. The van der Waals surface area contributed by atoms with Crippen molar-refractivity contribution in [1.82, 2.24) is 4.98 Å². The summed E-state index contributed by atoms with van der Waals surface area (Å²) < 4.78 is 0.849. The molecule has 0 spiro atoms. The highest BCUT2D eigenvalue weighted by atomic mass is 35.5. The van der Waals surface area contributed by atoms with Gasteiger partial charge in [-0.05, 0) is 12.1 Å². The number of nitrogens with two attached hydrogens (primary N) is 1. The lowest BCUT2D eigenvalue weighted by Crippen LogP contribution is -1.78. The van der Waals surface area contributed by atoms with Crippen LogP contribution >= 0.6 is 34.5 Å². The molecular formula is C7H4Cl2N4S. The lowest BCUT2D eigenvalue weighted by atomic mass is 10.3. The van der Waals surface area contributed by atoms with Crippen LogP contribution in [0, 0.1) is 10.8 Å². The standard InChI is InChI=1S/C7H4Cl2N2S.N2/c8-3-1-2-4-6(5(3)9)12-7(10)11-4;1-2/h1-2H,(H2,10,11);. The molecule has 2 rings (SSSR count). The molecule has 0 aliphatic carbocycles. The van der Waals surface area contributed by atoms with E-state index in [1.54, 1.807) is 12.1 Å². The van der Waals surface area contributed by atoms with E-state index in [1.807, 2.05) is 0 Å². The SMILES string of the molecule is N#N.Nc1nc2ccc(Cl)c(Cl)c2s1. The fourth-order valence-electron chi connectivity index (χ4n) is 0.953. The predicted octanol–water partition coefficient (Wildman–Crippen LogP) is 3.22. The summed E-state index contributed by atoms with van der Waals surface area (Å²) in [6.07, 6.45) is 0. The summed E-state index contributed by atoms with van der Waals surface area (Å²) in [5.74, 6) is 0. The lowest BCUT2D eigenvalue weighted by Gasteiger charge is -1.93. The smallest absolute Gasteiger partial charge is 0.181 e. The molecule has 7 heteroatoms. The Bertz CT molecular complexity index is 479. The number of hydrogen-bond donors (Lipinski definition) is 1. The van der Waals surface area contributed by atoms with E-state index in [2.05, 4.69) is 4.98 Å². The van der Waals surface area contributed by atoms with Gasteiger partial charge in [0.05, 0.1) is 20.3 Å². The van der Waals surface area contributed by atoms with Gasteiger partial charge in [-0.3, -0.25) is 0 Å². The summed E-state index contributed by atoms with van der Waals surface area (Å²) in [6, 6.07) is 3.52. The Hall–Kier alpha value is -1.09. The summed E-state index contributed by atoms with van der Waals surface area (Å²) in [7, 11) is 0. The van der Waals surface area contributed by atoms with E-state index in [4.69, 9.17) is 39.7 Å². The number of rotatable bonds is 0. The zero-order chi connectivity index (χ0) is 10.7. The number of nitrogens with zero attached hydrogens (tertiary/aromatic N) is 3. The van der Waals surface area contributed by atoms with Crippen molar-refractivity contribution >= 4 is 49.9 Å². The first-order valence-corrected chi connectivity index (χ1v) is 4.96. The average Bonchev–Trinajstić information content (AvgIpc) is 2.57. The van der Waals surface area contributed by atoms with E-state index in [1.165, 1.54) is 11.3 Å². The molecule has 0 aliphatic rings. The van der Waals surface area contributed by atoms with Gasteiger partial charge in [0.15, 0.2) is 5.13 Å². The quantitative estimate of drug-likeness (QED) is 0.724. The molecule has 0 aliphatic heterocycles. The zero-order valence-corrected chi connectivity index (χ0v) is 9.07. The van der Waals surface area contributed by atoms with Gasteiger partial charge in [-0.1, -0.05) is 34.5 Å². The van der Waals surface area contributed by atoms with Crippen molar-refractivity contribution in [3.05, 3.63) is 22.2 Å². The molecule has 2 N–H and O–H groups in total. The first kappa shape index (κ1) is 11.0. The first-order chi connectivity index (χ1) is 6.68. The van der Waals surface area contributed by atoms with E-state index in [0.29, 0.717) is 15.2 Å². The summed E-state index contributed by atoms with van der Waals surface area (Å²) in [4.78, 5) is 4.07. The van der Waals surface area contributed by atoms with Gasteiger partial charge < -0.3 is 5.73 Å². The molecule has 0 fully saturated rings. The van der Waals surface area contributed by atoms with Crippen molar-refractivity contribution < 1.29 is 0 Å². The highest BCUT2D eigenvalue weighted by Gasteiger charge is 2.07. The molecular weight excluding hydrogens is 243 g/mol. The predicted molar refractivity (Wildman–Crippen MR) is 57.5 cm³/mol. The highest BCUT2D eigenvalue weighted by Crippen LogP contribution is 2.35. The number of anilines is 1. The van der Waals surface area contributed by atoms with Crippen molar-refractivity contribution in [1.29, 1.82) is 10.8 Å². The lowest BCUT2D eigenvalue weighted by molar-refractivity contribution is 1.15. The largest absolute Gasteiger partial charge is 0.375 e. The molecule has 0 unspecified atom stereocenters. The number of fused-ring (bicyclic) bond motifs is 1. The molecule has 0 amide bonds. The van der Waals surface area contributed by atoms with Crippen LogP contribution in [0.2, 0.25) is 10.0 Å². The third-order valence-electron chi connectivity index (χ3n) is 1.47. The Morgan fingerprint density at radius 3 is 2.57 bits per heavy atom. The van der Waals surface area contributed by atoms with Crippen LogP contribution in [0.3, 0.4) is 0 Å². The van der Waals surface area contributed by atoms with Crippen molar-refractivity contribution in [2.45, 2.75) is 0 Å².